The van der Waals surface area contributed by atoms with Gasteiger partial charge in [0.15, 0.2) is 5.82 Å². The highest BCUT2D eigenvalue weighted by atomic mass is 19.1. The van der Waals surface area contributed by atoms with Crippen LogP contribution < -0.4 is 10.6 Å². The number of fused-ring (bicyclic) bond motifs is 1. The fraction of sp³-hybridized carbons (Fsp3) is 0.393. The fourth-order valence-electron chi connectivity index (χ4n) is 4.38. The zero-order chi connectivity index (χ0) is 27.2. The lowest BCUT2D eigenvalue weighted by atomic mass is 9.96. The fourth-order valence-corrected chi connectivity index (χ4v) is 4.38. The maximum atomic E-state index is 15.4. The van der Waals surface area contributed by atoms with Gasteiger partial charge in [-0.1, -0.05) is 32.1 Å². The van der Waals surface area contributed by atoms with Crippen molar-refractivity contribution in [2.24, 2.45) is 5.41 Å². The number of aromatic nitrogens is 5. The Morgan fingerprint density at radius 1 is 1.21 bits per heavy atom. The molecule has 5 rings (SSSR count). The van der Waals surface area contributed by atoms with Gasteiger partial charge in [-0.3, -0.25) is 4.98 Å². The van der Waals surface area contributed by atoms with Gasteiger partial charge in [0.25, 0.3) is 0 Å². The number of nitriles is 1. The van der Waals surface area contributed by atoms with Crippen LogP contribution in [-0.4, -0.2) is 31.5 Å². The number of nitrogens with one attached hydrogen (secondary N) is 2. The Labute approximate surface area is 220 Å². The van der Waals surface area contributed by atoms with Crippen LogP contribution in [0.2, 0.25) is 0 Å². The van der Waals surface area contributed by atoms with Crippen LogP contribution in [0, 0.1) is 35.4 Å². The molecule has 0 spiro atoms. The molecule has 38 heavy (non-hydrogen) atoms. The van der Waals surface area contributed by atoms with Gasteiger partial charge in [0, 0.05) is 35.1 Å². The third-order valence-electron chi connectivity index (χ3n) is 6.89. The second-order valence-corrected chi connectivity index (χ2v) is 11.4. The van der Waals surface area contributed by atoms with Gasteiger partial charge < -0.3 is 10.6 Å². The van der Waals surface area contributed by atoms with Crippen molar-refractivity contribution < 1.29 is 8.78 Å². The van der Waals surface area contributed by atoms with E-state index in [0.717, 1.165) is 12.8 Å². The molecule has 0 unspecified atom stereocenters. The van der Waals surface area contributed by atoms with Crippen molar-refractivity contribution in [3.63, 3.8) is 0 Å². The summed E-state index contributed by atoms with van der Waals surface area (Å²) in [7, 11) is 0. The molecule has 1 aliphatic rings. The number of pyridine rings is 2. The lowest BCUT2D eigenvalue weighted by Crippen LogP contribution is -2.20. The summed E-state index contributed by atoms with van der Waals surface area (Å²) in [6.07, 6.45) is 5.28. The first kappa shape index (κ1) is 25.5. The first-order chi connectivity index (χ1) is 18.0. The number of benzene rings is 1. The van der Waals surface area contributed by atoms with Crippen LogP contribution in [-0.2, 0) is 5.54 Å². The van der Waals surface area contributed by atoms with Crippen molar-refractivity contribution in [3.8, 4) is 6.07 Å². The SMILES string of the molecule is Cc1nc(F)ccc1[C@H](Nc1cc(F)c2ncc(C#N)c(NCC(C)(C)C)c2c1)c1cn(C2(C)CC2)nn1. The molecule has 196 valence electrons. The molecule has 0 aliphatic heterocycles. The molecule has 2 N–H and O–H groups in total. The van der Waals surface area contributed by atoms with Gasteiger partial charge in [0.05, 0.1) is 29.0 Å². The molecule has 1 aliphatic carbocycles. The Balaban J connectivity index is 1.60. The molecule has 10 heteroatoms. The van der Waals surface area contributed by atoms with Crippen molar-refractivity contribution in [3.05, 3.63) is 70.9 Å². The van der Waals surface area contributed by atoms with Gasteiger partial charge in [0.2, 0.25) is 5.95 Å². The molecular formula is C28H30F2N8. The summed E-state index contributed by atoms with van der Waals surface area (Å²) in [5.41, 5.74) is 3.11. The highest BCUT2D eigenvalue weighted by molar-refractivity contribution is 5.96. The molecule has 1 aromatic carbocycles. The summed E-state index contributed by atoms with van der Waals surface area (Å²) >= 11 is 0. The van der Waals surface area contributed by atoms with E-state index in [1.54, 1.807) is 19.1 Å². The van der Waals surface area contributed by atoms with Crippen molar-refractivity contribution in [1.82, 2.24) is 25.0 Å². The van der Waals surface area contributed by atoms with E-state index >= 15 is 4.39 Å². The molecular weight excluding hydrogens is 486 g/mol. The molecule has 3 heterocycles. The average molecular weight is 517 g/mol. The molecule has 0 amide bonds. The van der Waals surface area contributed by atoms with Gasteiger partial charge in [0.1, 0.15) is 17.3 Å². The van der Waals surface area contributed by atoms with Crippen LogP contribution in [0.4, 0.5) is 20.2 Å². The quantitative estimate of drug-likeness (QED) is 0.297. The smallest absolute Gasteiger partial charge is 0.213 e. The van der Waals surface area contributed by atoms with E-state index in [0.29, 0.717) is 45.8 Å². The Morgan fingerprint density at radius 2 is 1.97 bits per heavy atom. The van der Waals surface area contributed by atoms with Gasteiger partial charge in [-0.15, -0.1) is 5.10 Å². The zero-order valence-electron chi connectivity index (χ0n) is 22.1. The molecule has 3 aromatic heterocycles. The Hall–Kier alpha value is -4.13. The van der Waals surface area contributed by atoms with Crippen molar-refractivity contribution >= 4 is 22.3 Å². The minimum Gasteiger partial charge on any atom is -0.383 e. The largest absolute Gasteiger partial charge is 0.383 e. The summed E-state index contributed by atoms with van der Waals surface area (Å²) in [6.45, 7) is 10.6. The van der Waals surface area contributed by atoms with E-state index in [9.17, 15) is 9.65 Å². The van der Waals surface area contributed by atoms with E-state index < -0.39 is 17.8 Å². The summed E-state index contributed by atoms with van der Waals surface area (Å²) < 4.78 is 31.1. The molecule has 1 atom stereocenters. The van der Waals surface area contributed by atoms with Crippen molar-refractivity contribution in [1.29, 1.82) is 5.26 Å². The minimum absolute atomic E-state index is 0.0616. The third-order valence-corrected chi connectivity index (χ3v) is 6.89. The molecule has 4 aromatic rings. The topological polar surface area (TPSA) is 104 Å². The van der Waals surface area contributed by atoms with E-state index in [4.69, 9.17) is 0 Å². The normalized spacial score (nSPS) is 15.2. The molecule has 8 nitrogen and oxygen atoms in total. The molecule has 0 radical (unpaired) electrons. The number of hydrogen-bond donors (Lipinski definition) is 2. The van der Waals surface area contributed by atoms with E-state index in [2.05, 4.69) is 64.7 Å². The van der Waals surface area contributed by atoms with E-state index in [1.165, 1.54) is 18.3 Å². The minimum atomic E-state index is -0.583. The zero-order valence-corrected chi connectivity index (χ0v) is 22.1. The maximum Gasteiger partial charge on any atom is 0.213 e. The highest BCUT2D eigenvalue weighted by Gasteiger charge is 2.41. The Morgan fingerprint density at radius 3 is 2.63 bits per heavy atom. The van der Waals surface area contributed by atoms with Crippen LogP contribution in [0.25, 0.3) is 10.9 Å². The van der Waals surface area contributed by atoms with Crippen molar-refractivity contribution in [2.45, 2.75) is 59.0 Å². The second-order valence-electron chi connectivity index (χ2n) is 11.4. The van der Waals surface area contributed by atoms with Crippen LogP contribution >= 0.6 is 0 Å². The number of hydrogen-bond acceptors (Lipinski definition) is 7. The Kier molecular flexibility index (Phi) is 6.25. The first-order valence-electron chi connectivity index (χ1n) is 12.6. The third kappa shape index (κ3) is 5.01. The summed E-state index contributed by atoms with van der Waals surface area (Å²) in [5, 5.41) is 25.7. The van der Waals surface area contributed by atoms with Crippen LogP contribution in [0.3, 0.4) is 0 Å². The molecule has 1 saturated carbocycles. The van der Waals surface area contributed by atoms with Gasteiger partial charge >= 0.3 is 0 Å². The number of rotatable bonds is 7. The predicted molar refractivity (Wildman–Crippen MR) is 142 cm³/mol. The highest BCUT2D eigenvalue weighted by Crippen LogP contribution is 2.42. The molecule has 1 fully saturated rings. The lowest BCUT2D eigenvalue weighted by molar-refractivity contribution is 0.443. The number of nitrogens with zero attached hydrogens (tertiary/aromatic N) is 6. The maximum absolute atomic E-state index is 15.4. The van der Waals surface area contributed by atoms with Gasteiger partial charge in [-0.05, 0) is 50.3 Å². The first-order valence-corrected chi connectivity index (χ1v) is 12.6. The monoisotopic (exact) mass is 516 g/mol. The summed E-state index contributed by atoms with van der Waals surface area (Å²) in [4.78, 5) is 8.20. The van der Waals surface area contributed by atoms with Crippen molar-refractivity contribution in [2.75, 3.05) is 17.2 Å². The van der Waals surface area contributed by atoms with Crippen LogP contribution in [0.1, 0.15) is 69.1 Å². The standard InChI is InChI=1S/C28H30F2N8/c1-16-19(6-7-23(30)34-16)26(22-14-38(37-36-22)28(5)8-9-28)35-18-10-20-24(33-15-27(2,3)4)17(12-31)13-32-25(20)21(29)11-18/h6-7,10-11,13-14,26,35H,8-9,15H2,1-5H3,(H,32,33)/t26-/m0/s1. The number of aryl methyl sites for hydroxylation is 1. The average Bonchev–Trinajstić information content (AvgIpc) is 3.40. The van der Waals surface area contributed by atoms with Gasteiger partial charge in [-0.25, -0.2) is 14.1 Å². The summed E-state index contributed by atoms with van der Waals surface area (Å²) in [6, 6.07) is 7.66. The predicted octanol–water partition coefficient (Wildman–Crippen LogP) is 5.85. The van der Waals surface area contributed by atoms with E-state index in [-0.39, 0.29) is 16.5 Å². The molecule has 0 bridgehead atoms. The number of anilines is 2. The van der Waals surface area contributed by atoms with Crippen LogP contribution in [0.15, 0.2) is 36.7 Å². The van der Waals surface area contributed by atoms with E-state index in [1.807, 2.05) is 10.9 Å². The summed E-state index contributed by atoms with van der Waals surface area (Å²) in [5.74, 6) is -1.12. The van der Waals surface area contributed by atoms with Crippen LogP contribution in [0.5, 0.6) is 0 Å². The second kappa shape index (κ2) is 9.31. The van der Waals surface area contributed by atoms with Gasteiger partial charge in [-0.2, -0.15) is 9.65 Å². The molecule has 0 saturated heterocycles. The Bertz CT molecular complexity index is 1560. The number of halogens is 2. The lowest BCUT2D eigenvalue weighted by Gasteiger charge is -2.22.